The summed E-state index contributed by atoms with van der Waals surface area (Å²) in [6.07, 6.45) is 4.70. The normalized spacial score (nSPS) is 14.2. The minimum atomic E-state index is -0.416. The predicted octanol–water partition coefficient (Wildman–Crippen LogP) is 4.73. The number of carbonyl (C=O) groups excluding carboxylic acids is 1. The molecule has 1 saturated heterocycles. The third-order valence-electron chi connectivity index (χ3n) is 6.07. The van der Waals surface area contributed by atoms with Gasteiger partial charge in [0.25, 0.3) is 0 Å². The Morgan fingerprint density at radius 1 is 1.06 bits per heavy atom. The molecule has 2 aromatic carbocycles. The number of hydrogen-bond donors (Lipinski definition) is 0. The first-order valence-corrected chi connectivity index (χ1v) is 10.7. The monoisotopic (exact) mass is 426 g/mol. The molecule has 0 aliphatic carbocycles. The number of aromatic nitrogens is 2. The van der Waals surface area contributed by atoms with Crippen molar-refractivity contribution in [3.63, 3.8) is 0 Å². The lowest BCUT2D eigenvalue weighted by molar-refractivity contribution is -0.126. The molecule has 0 N–H and O–H groups in total. The van der Waals surface area contributed by atoms with Crippen LogP contribution in [0, 0.1) is 12.7 Å². The fraction of sp³-hybridized carbons (Fsp3) is 0.192. The summed E-state index contributed by atoms with van der Waals surface area (Å²) in [6.45, 7) is 8.07. The molecular formula is C26H23FN4O. The number of halogens is 1. The van der Waals surface area contributed by atoms with E-state index in [-0.39, 0.29) is 5.91 Å². The Morgan fingerprint density at radius 2 is 1.84 bits per heavy atom. The van der Waals surface area contributed by atoms with Crippen molar-refractivity contribution in [2.24, 2.45) is 0 Å². The molecule has 1 amide bonds. The SMILES string of the molecule is C=CC(=O)N1CCN(c2ccnc3c(F)c(-c4cc(C)cc5ccccc45)ncc23)CC1. The molecule has 4 aromatic rings. The van der Waals surface area contributed by atoms with Gasteiger partial charge in [0, 0.05) is 55.2 Å². The Bertz CT molecular complexity index is 1360. The van der Waals surface area contributed by atoms with E-state index in [1.165, 1.54) is 6.08 Å². The standard InChI is InChI=1S/C26H23FN4O/c1-3-23(32)31-12-10-30(11-13-31)22-8-9-28-26-21(22)16-29-25(24(26)27)20-15-17(2)14-18-6-4-5-7-19(18)20/h3-9,14-16H,1,10-13H2,2H3. The van der Waals surface area contributed by atoms with Crippen LogP contribution in [0.2, 0.25) is 0 Å². The number of amides is 1. The van der Waals surface area contributed by atoms with Crippen molar-refractivity contribution in [3.05, 3.63) is 78.9 Å². The molecule has 5 rings (SSSR count). The molecule has 0 spiro atoms. The summed E-state index contributed by atoms with van der Waals surface area (Å²) < 4.78 is 15.8. The van der Waals surface area contributed by atoms with Gasteiger partial charge in [-0.1, -0.05) is 36.9 Å². The quantitative estimate of drug-likeness (QED) is 0.445. The van der Waals surface area contributed by atoms with Crippen LogP contribution in [0.1, 0.15) is 5.56 Å². The van der Waals surface area contributed by atoms with Crippen LogP contribution in [-0.2, 0) is 4.79 Å². The van der Waals surface area contributed by atoms with Crippen molar-refractivity contribution < 1.29 is 9.18 Å². The summed E-state index contributed by atoms with van der Waals surface area (Å²) in [5.74, 6) is -0.479. The van der Waals surface area contributed by atoms with Gasteiger partial charge in [-0.15, -0.1) is 0 Å². The Balaban J connectivity index is 1.57. The maximum absolute atomic E-state index is 15.8. The van der Waals surface area contributed by atoms with Crippen molar-refractivity contribution in [1.29, 1.82) is 0 Å². The van der Waals surface area contributed by atoms with Gasteiger partial charge >= 0.3 is 0 Å². The van der Waals surface area contributed by atoms with Crippen molar-refractivity contribution in [3.8, 4) is 11.3 Å². The molecule has 0 unspecified atom stereocenters. The van der Waals surface area contributed by atoms with E-state index in [9.17, 15) is 4.79 Å². The zero-order valence-electron chi connectivity index (χ0n) is 17.9. The van der Waals surface area contributed by atoms with Crippen molar-refractivity contribution in [2.75, 3.05) is 31.1 Å². The maximum atomic E-state index is 15.8. The number of aryl methyl sites for hydroxylation is 1. The van der Waals surface area contributed by atoms with Gasteiger partial charge in [0.15, 0.2) is 5.82 Å². The summed E-state index contributed by atoms with van der Waals surface area (Å²) in [7, 11) is 0. The van der Waals surface area contributed by atoms with Gasteiger partial charge in [0.2, 0.25) is 5.91 Å². The van der Waals surface area contributed by atoms with Gasteiger partial charge in [-0.05, 0) is 41.5 Å². The molecule has 1 aliphatic rings. The molecule has 32 heavy (non-hydrogen) atoms. The van der Waals surface area contributed by atoms with Crippen LogP contribution in [0.5, 0.6) is 0 Å². The smallest absolute Gasteiger partial charge is 0.246 e. The second kappa shape index (κ2) is 8.04. The van der Waals surface area contributed by atoms with Crippen molar-refractivity contribution in [2.45, 2.75) is 6.92 Å². The second-order valence-electron chi connectivity index (χ2n) is 8.06. The number of benzene rings is 2. The number of anilines is 1. The third-order valence-corrected chi connectivity index (χ3v) is 6.07. The van der Waals surface area contributed by atoms with Gasteiger partial charge in [0.1, 0.15) is 11.2 Å². The molecule has 1 aliphatic heterocycles. The molecule has 2 aromatic heterocycles. The fourth-order valence-electron chi connectivity index (χ4n) is 4.48. The van der Waals surface area contributed by atoms with Crippen LogP contribution in [0.3, 0.4) is 0 Å². The summed E-state index contributed by atoms with van der Waals surface area (Å²) in [6, 6.07) is 13.9. The zero-order chi connectivity index (χ0) is 22.2. The number of rotatable bonds is 3. The van der Waals surface area contributed by atoms with E-state index < -0.39 is 5.82 Å². The number of piperazine rings is 1. The average molecular weight is 426 g/mol. The number of pyridine rings is 2. The summed E-state index contributed by atoms with van der Waals surface area (Å²) in [4.78, 5) is 24.7. The Morgan fingerprint density at radius 3 is 2.62 bits per heavy atom. The lowest BCUT2D eigenvalue weighted by atomic mass is 9.98. The molecule has 0 radical (unpaired) electrons. The van der Waals surface area contributed by atoms with Crippen LogP contribution >= 0.6 is 0 Å². The highest BCUT2D eigenvalue weighted by Gasteiger charge is 2.23. The Labute approximate surface area is 185 Å². The minimum absolute atomic E-state index is 0.0630. The van der Waals surface area contributed by atoms with E-state index in [4.69, 9.17) is 0 Å². The van der Waals surface area contributed by atoms with Crippen LogP contribution in [0.15, 0.2) is 67.5 Å². The topological polar surface area (TPSA) is 49.3 Å². The second-order valence-corrected chi connectivity index (χ2v) is 8.06. The molecule has 3 heterocycles. The molecule has 1 fully saturated rings. The first-order valence-electron chi connectivity index (χ1n) is 10.7. The lowest BCUT2D eigenvalue weighted by Crippen LogP contribution is -2.48. The van der Waals surface area contributed by atoms with Gasteiger partial charge in [-0.3, -0.25) is 14.8 Å². The van der Waals surface area contributed by atoms with E-state index in [1.54, 1.807) is 17.3 Å². The molecule has 0 bridgehead atoms. The average Bonchev–Trinajstić information content (AvgIpc) is 2.83. The highest BCUT2D eigenvalue weighted by atomic mass is 19.1. The van der Waals surface area contributed by atoms with E-state index in [2.05, 4.69) is 27.5 Å². The summed E-state index contributed by atoms with van der Waals surface area (Å²) in [5.41, 5.74) is 3.32. The molecule has 0 atom stereocenters. The lowest BCUT2D eigenvalue weighted by Gasteiger charge is -2.36. The highest BCUT2D eigenvalue weighted by molar-refractivity contribution is 5.99. The summed E-state index contributed by atoms with van der Waals surface area (Å²) >= 11 is 0. The van der Waals surface area contributed by atoms with Crippen LogP contribution in [-0.4, -0.2) is 47.0 Å². The molecule has 6 heteroatoms. The molecule has 5 nitrogen and oxygen atoms in total. The Kier molecular flexibility index (Phi) is 5.05. The van der Waals surface area contributed by atoms with Crippen LogP contribution in [0.4, 0.5) is 10.1 Å². The van der Waals surface area contributed by atoms with Gasteiger partial charge in [0.05, 0.1) is 0 Å². The third kappa shape index (κ3) is 3.38. The van der Waals surface area contributed by atoms with E-state index in [1.807, 2.05) is 43.3 Å². The minimum Gasteiger partial charge on any atom is -0.367 e. The van der Waals surface area contributed by atoms with E-state index >= 15 is 4.39 Å². The zero-order valence-corrected chi connectivity index (χ0v) is 17.9. The first-order chi connectivity index (χ1) is 15.6. The van der Waals surface area contributed by atoms with Crippen molar-refractivity contribution in [1.82, 2.24) is 14.9 Å². The maximum Gasteiger partial charge on any atom is 0.246 e. The molecule has 160 valence electrons. The highest BCUT2D eigenvalue weighted by Crippen LogP contribution is 2.35. The van der Waals surface area contributed by atoms with E-state index in [0.29, 0.717) is 42.8 Å². The van der Waals surface area contributed by atoms with Gasteiger partial charge in [-0.25, -0.2) is 4.39 Å². The van der Waals surface area contributed by atoms with E-state index in [0.717, 1.165) is 27.6 Å². The van der Waals surface area contributed by atoms with Crippen LogP contribution in [0.25, 0.3) is 32.9 Å². The largest absolute Gasteiger partial charge is 0.367 e. The predicted molar refractivity (Wildman–Crippen MR) is 126 cm³/mol. The first kappa shape index (κ1) is 20.1. The number of nitrogens with zero attached hydrogens (tertiary/aromatic N) is 4. The Hall–Kier alpha value is -3.80. The molecule has 0 saturated carbocycles. The molecular weight excluding hydrogens is 403 g/mol. The van der Waals surface area contributed by atoms with Gasteiger partial charge in [-0.2, -0.15) is 0 Å². The number of carbonyl (C=O) groups is 1. The fourth-order valence-corrected chi connectivity index (χ4v) is 4.48. The van der Waals surface area contributed by atoms with Gasteiger partial charge < -0.3 is 9.80 Å². The number of fused-ring (bicyclic) bond motifs is 2. The number of hydrogen-bond acceptors (Lipinski definition) is 4. The van der Waals surface area contributed by atoms with Crippen molar-refractivity contribution >= 4 is 33.3 Å². The van der Waals surface area contributed by atoms with Crippen LogP contribution < -0.4 is 4.90 Å². The summed E-state index contributed by atoms with van der Waals surface area (Å²) in [5, 5.41) is 2.69.